The zero-order chi connectivity index (χ0) is 15.1. The molecule has 0 amide bonds. The molecule has 4 unspecified atom stereocenters. The van der Waals surface area contributed by atoms with Gasteiger partial charge in [-0.3, -0.25) is 9.79 Å². The van der Waals surface area contributed by atoms with Crippen molar-refractivity contribution >= 4 is 12.2 Å². The van der Waals surface area contributed by atoms with Crippen LogP contribution in [0.4, 0.5) is 0 Å². The molecule has 1 saturated heterocycles. The summed E-state index contributed by atoms with van der Waals surface area (Å²) in [5, 5.41) is 3.46. The molecule has 0 spiro atoms. The predicted octanol–water partition coefficient (Wildman–Crippen LogP) is 1.52. The van der Waals surface area contributed by atoms with Crippen molar-refractivity contribution in [2.75, 3.05) is 13.2 Å². The van der Waals surface area contributed by atoms with E-state index in [1.165, 1.54) is 5.57 Å². The van der Waals surface area contributed by atoms with Gasteiger partial charge >= 0.3 is 5.97 Å². The molecule has 5 nitrogen and oxygen atoms in total. The summed E-state index contributed by atoms with van der Waals surface area (Å²) in [7, 11) is 0. The Labute approximate surface area is 129 Å². The lowest BCUT2D eigenvalue weighted by Gasteiger charge is -2.36. The molecule has 5 heteroatoms. The maximum atomic E-state index is 12.3. The van der Waals surface area contributed by atoms with Gasteiger partial charge in [-0.1, -0.05) is 6.08 Å². The average Bonchev–Trinajstić information content (AvgIpc) is 2.98. The number of nitrogens with one attached hydrogen (secondary N) is 1. The molecule has 1 fully saturated rings. The highest BCUT2D eigenvalue weighted by atomic mass is 16.5. The summed E-state index contributed by atoms with van der Waals surface area (Å²) in [4.78, 5) is 16.6. The Morgan fingerprint density at radius 1 is 1.50 bits per heavy atom. The van der Waals surface area contributed by atoms with Gasteiger partial charge in [0.25, 0.3) is 0 Å². The van der Waals surface area contributed by atoms with E-state index in [1.54, 1.807) is 6.21 Å². The highest BCUT2D eigenvalue weighted by molar-refractivity contribution is 5.79. The van der Waals surface area contributed by atoms with E-state index in [4.69, 9.17) is 9.47 Å². The van der Waals surface area contributed by atoms with Gasteiger partial charge in [0.15, 0.2) is 6.23 Å². The second-order valence-corrected chi connectivity index (χ2v) is 6.03. The number of carbonyl (C=O) groups is 1. The molecule has 0 aromatic rings. The first kappa shape index (κ1) is 13.9. The molecule has 1 N–H and O–H groups in total. The molecular weight excluding hydrogens is 280 g/mol. The summed E-state index contributed by atoms with van der Waals surface area (Å²) in [6.45, 7) is 2.93. The van der Waals surface area contributed by atoms with Crippen molar-refractivity contribution in [2.24, 2.45) is 10.9 Å². The first-order valence-corrected chi connectivity index (χ1v) is 7.98. The molecular formula is C17H20N2O3. The molecule has 4 atom stereocenters. The van der Waals surface area contributed by atoms with Crippen LogP contribution in [0.1, 0.15) is 19.8 Å². The maximum absolute atomic E-state index is 12.3. The van der Waals surface area contributed by atoms with Gasteiger partial charge in [-0.15, -0.1) is 0 Å². The minimum atomic E-state index is -0.189. The minimum Gasteiger partial charge on any atom is -0.465 e. The molecule has 0 bridgehead atoms. The number of aliphatic imine (C=N–C) groups is 1. The van der Waals surface area contributed by atoms with Gasteiger partial charge in [0.1, 0.15) is 0 Å². The third-order valence-corrected chi connectivity index (χ3v) is 4.78. The number of ether oxygens (including phenoxy) is 2. The highest BCUT2D eigenvalue weighted by Crippen LogP contribution is 2.41. The van der Waals surface area contributed by atoms with E-state index < -0.39 is 0 Å². The van der Waals surface area contributed by atoms with E-state index in [0.29, 0.717) is 13.2 Å². The van der Waals surface area contributed by atoms with E-state index >= 15 is 0 Å². The van der Waals surface area contributed by atoms with Crippen LogP contribution in [-0.4, -0.2) is 43.7 Å². The molecule has 0 aromatic carbocycles. The third kappa shape index (κ3) is 2.16. The van der Waals surface area contributed by atoms with Gasteiger partial charge in [0.05, 0.1) is 18.6 Å². The number of rotatable bonds is 2. The summed E-state index contributed by atoms with van der Waals surface area (Å²) in [6.07, 6.45) is 9.73. The second-order valence-electron chi connectivity index (χ2n) is 6.03. The quantitative estimate of drug-likeness (QED) is 0.786. The largest absolute Gasteiger partial charge is 0.465 e. The summed E-state index contributed by atoms with van der Waals surface area (Å²) in [5.41, 5.74) is 3.40. The Bertz CT molecular complexity index is 617. The summed E-state index contributed by atoms with van der Waals surface area (Å²) < 4.78 is 11.4. The number of dihydropyridines is 1. The topological polar surface area (TPSA) is 59.9 Å². The lowest BCUT2D eigenvalue weighted by atomic mass is 9.80. The number of hydrogen-bond acceptors (Lipinski definition) is 5. The van der Waals surface area contributed by atoms with E-state index in [1.807, 2.05) is 19.1 Å². The number of allylic oxidation sites excluding steroid dienone is 1. The highest BCUT2D eigenvalue weighted by Gasteiger charge is 2.43. The van der Waals surface area contributed by atoms with Gasteiger partial charge in [0.2, 0.25) is 0 Å². The predicted molar refractivity (Wildman–Crippen MR) is 82.5 cm³/mol. The molecule has 4 rings (SSSR count). The van der Waals surface area contributed by atoms with Crippen LogP contribution < -0.4 is 5.32 Å². The van der Waals surface area contributed by atoms with Crippen molar-refractivity contribution in [2.45, 2.75) is 38.1 Å². The Kier molecular flexibility index (Phi) is 3.47. The van der Waals surface area contributed by atoms with Crippen LogP contribution in [0.15, 0.2) is 39.9 Å². The first-order valence-electron chi connectivity index (χ1n) is 7.98. The number of hydrogen-bond donors (Lipinski definition) is 1. The Balaban J connectivity index is 1.75. The zero-order valence-corrected chi connectivity index (χ0v) is 12.6. The molecule has 22 heavy (non-hydrogen) atoms. The molecule has 3 aliphatic heterocycles. The summed E-state index contributed by atoms with van der Waals surface area (Å²) in [6, 6.07) is 0.272. The molecule has 1 aliphatic carbocycles. The van der Waals surface area contributed by atoms with Crippen molar-refractivity contribution in [1.29, 1.82) is 0 Å². The minimum absolute atomic E-state index is 0.0421. The first-order chi connectivity index (χ1) is 10.8. The third-order valence-electron chi connectivity index (χ3n) is 4.78. The monoisotopic (exact) mass is 300 g/mol. The summed E-state index contributed by atoms with van der Waals surface area (Å²) >= 11 is 0. The van der Waals surface area contributed by atoms with Crippen molar-refractivity contribution in [1.82, 2.24) is 5.32 Å². The van der Waals surface area contributed by atoms with Gasteiger partial charge in [-0.05, 0) is 43.1 Å². The van der Waals surface area contributed by atoms with Gasteiger partial charge in [-0.2, -0.15) is 0 Å². The normalized spacial score (nSPS) is 35.6. The Morgan fingerprint density at radius 2 is 2.41 bits per heavy atom. The van der Waals surface area contributed by atoms with Gasteiger partial charge < -0.3 is 14.8 Å². The Morgan fingerprint density at radius 3 is 3.27 bits per heavy atom. The zero-order valence-electron chi connectivity index (χ0n) is 12.6. The molecule has 4 aliphatic rings. The second kappa shape index (κ2) is 5.48. The van der Waals surface area contributed by atoms with Crippen molar-refractivity contribution < 1.29 is 14.3 Å². The number of nitrogens with zero attached hydrogens (tertiary/aromatic N) is 1. The van der Waals surface area contributed by atoms with Crippen LogP contribution in [0.3, 0.4) is 0 Å². The van der Waals surface area contributed by atoms with E-state index in [9.17, 15) is 4.79 Å². The standard InChI is InChI=1S/C17H20N2O3/c1-2-21-17(20)12-9-19-13-5-6-14-11(15(12)13)8-10-4-3-7-18-16(10)22-14/h3-4,7-8,12-14,16,19H,2,5-6,9H2,1H3. The number of fused-ring (bicyclic) bond motifs is 3. The lowest BCUT2D eigenvalue weighted by Crippen LogP contribution is -2.37. The number of esters is 1. The van der Waals surface area contributed by atoms with Gasteiger partial charge in [0, 0.05) is 24.4 Å². The van der Waals surface area contributed by atoms with Crippen molar-refractivity contribution in [3.8, 4) is 0 Å². The van der Waals surface area contributed by atoms with Crippen LogP contribution in [0.25, 0.3) is 0 Å². The van der Waals surface area contributed by atoms with Crippen LogP contribution >= 0.6 is 0 Å². The molecule has 116 valence electrons. The van der Waals surface area contributed by atoms with Crippen LogP contribution in [0, 0.1) is 5.92 Å². The van der Waals surface area contributed by atoms with Gasteiger partial charge in [-0.25, -0.2) is 0 Å². The van der Waals surface area contributed by atoms with Crippen molar-refractivity contribution in [3.63, 3.8) is 0 Å². The summed E-state index contributed by atoms with van der Waals surface area (Å²) in [5.74, 6) is -0.311. The maximum Gasteiger partial charge on any atom is 0.314 e. The van der Waals surface area contributed by atoms with Crippen LogP contribution in [0.2, 0.25) is 0 Å². The fourth-order valence-electron chi connectivity index (χ4n) is 3.83. The van der Waals surface area contributed by atoms with E-state index in [0.717, 1.165) is 24.0 Å². The van der Waals surface area contributed by atoms with E-state index in [-0.39, 0.29) is 30.3 Å². The number of carbonyl (C=O) groups excluding carboxylic acids is 1. The fourth-order valence-corrected chi connectivity index (χ4v) is 3.83. The lowest BCUT2D eigenvalue weighted by molar-refractivity contribution is -0.146. The fraction of sp³-hybridized carbons (Fsp3) is 0.529. The molecule has 0 saturated carbocycles. The molecule has 0 aromatic heterocycles. The SMILES string of the molecule is CCOC(=O)C1CNC2CCC3OC4N=CC=CC4=CC3=C21. The molecule has 3 heterocycles. The molecule has 0 radical (unpaired) electrons. The van der Waals surface area contributed by atoms with Crippen LogP contribution in [-0.2, 0) is 14.3 Å². The average molecular weight is 300 g/mol. The van der Waals surface area contributed by atoms with Crippen LogP contribution in [0.5, 0.6) is 0 Å². The smallest absolute Gasteiger partial charge is 0.314 e. The van der Waals surface area contributed by atoms with Crippen molar-refractivity contribution in [3.05, 3.63) is 34.9 Å². The van der Waals surface area contributed by atoms with E-state index in [2.05, 4.69) is 16.4 Å². The Hall–Kier alpha value is -1.72.